The first-order valence-corrected chi connectivity index (χ1v) is 9.06. The lowest BCUT2D eigenvalue weighted by atomic mass is 10.1. The van der Waals surface area contributed by atoms with Crippen molar-refractivity contribution in [3.63, 3.8) is 0 Å². The van der Waals surface area contributed by atoms with Crippen LogP contribution in [0.15, 0.2) is 47.6 Å². The van der Waals surface area contributed by atoms with E-state index in [0.29, 0.717) is 12.5 Å². The molecule has 6 heteroatoms. The maximum absolute atomic E-state index is 6.07. The molecule has 0 saturated carbocycles. The standard InChI is InChI=1S/C21H24N4O.HI/c1-26-19-7-3-6-18-20(19)16(13-24-18)10-11-23-21(22)25-17-9-8-14-4-2-5-15(14)12-17;/h3,6-9,12-13,24H,2,4-5,10-11H2,1H3,(H3,22,23,25);1H. The van der Waals surface area contributed by atoms with Crippen molar-refractivity contribution in [1.82, 2.24) is 4.98 Å². The molecular weight excluding hydrogens is 451 g/mol. The molecule has 0 fully saturated rings. The van der Waals surface area contributed by atoms with Gasteiger partial charge >= 0.3 is 0 Å². The fourth-order valence-electron chi connectivity index (χ4n) is 3.72. The van der Waals surface area contributed by atoms with Crippen molar-refractivity contribution in [3.05, 3.63) is 59.3 Å². The molecule has 1 aliphatic rings. The average molecular weight is 476 g/mol. The van der Waals surface area contributed by atoms with E-state index in [1.54, 1.807) is 7.11 Å². The zero-order valence-corrected chi connectivity index (χ0v) is 17.7. The highest BCUT2D eigenvalue weighted by atomic mass is 127. The van der Waals surface area contributed by atoms with Crippen molar-refractivity contribution in [1.29, 1.82) is 0 Å². The Bertz CT molecular complexity index is 964. The molecule has 27 heavy (non-hydrogen) atoms. The lowest BCUT2D eigenvalue weighted by Gasteiger charge is -2.08. The third-order valence-electron chi connectivity index (χ3n) is 5.00. The van der Waals surface area contributed by atoms with Crippen molar-refractivity contribution < 1.29 is 4.74 Å². The van der Waals surface area contributed by atoms with E-state index in [0.717, 1.165) is 35.2 Å². The predicted molar refractivity (Wildman–Crippen MR) is 123 cm³/mol. The third kappa shape index (κ3) is 4.21. The van der Waals surface area contributed by atoms with Crippen LogP contribution in [0.1, 0.15) is 23.1 Å². The molecule has 1 aromatic heterocycles. The Morgan fingerprint density at radius 1 is 1.22 bits per heavy atom. The number of nitrogens with two attached hydrogens (primary N) is 1. The van der Waals surface area contributed by atoms with Gasteiger partial charge in [0.1, 0.15) is 5.75 Å². The van der Waals surface area contributed by atoms with E-state index in [9.17, 15) is 0 Å². The van der Waals surface area contributed by atoms with Gasteiger partial charge in [0.2, 0.25) is 0 Å². The molecule has 0 spiro atoms. The number of hydrogen-bond acceptors (Lipinski definition) is 2. The number of H-pyrrole nitrogens is 1. The van der Waals surface area contributed by atoms with Crippen molar-refractivity contribution in [2.45, 2.75) is 25.7 Å². The second-order valence-corrected chi connectivity index (χ2v) is 6.68. The van der Waals surface area contributed by atoms with Crippen molar-refractivity contribution in [3.8, 4) is 5.75 Å². The van der Waals surface area contributed by atoms with Gasteiger partial charge in [0.05, 0.1) is 7.11 Å². The Balaban J connectivity index is 0.00000210. The van der Waals surface area contributed by atoms with Gasteiger partial charge in [-0.2, -0.15) is 0 Å². The van der Waals surface area contributed by atoms with Gasteiger partial charge in [-0.1, -0.05) is 12.1 Å². The lowest BCUT2D eigenvalue weighted by Crippen LogP contribution is -2.23. The maximum Gasteiger partial charge on any atom is 0.193 e. The fourth-order valence-corrected chi connectivity index (χ4v) is 3.72. The maximum atomic E-state index is 6.07. The number of aromatic nitrogens is 1. The van der Waals surface area contributed by atoms with Crippen LogP contribution in [0, 0.1) is 0 Å². The summed E-state index contributed by atoms with van der Waals surface area (Å²) in [7, 11) is 1.70. The highest BCUT2D eigenvalue weighted by molar-refractivity contribution is 14.0. The predicted octanol–water partition coefficient (Wildman–Crippen LogP) is 4.25. The number of aromatic amines is 1. The SMILES string of the molecule is COc1cccc2[nH]cc(CCN=C(N)Nc3ccc4c(c3)CCC4)c12.I. The molecule has 0 atom stereocenters. The van der Waals surface area contributed by atoms with Gasteiger partial charge in [-0.3, -0.25) is 4.99 Å². The van der Waals surface area contributed by atoms with Crippen LogP contribution in [0.5, 0.6) is 5.75 Å². The first kappa shape index (κ1) is 19.5. The molecule has 0 radical (unpaired) electrons. The quantitative estimate of drug-likeness (QED) is 0.293. The normalized spacial score (nSPS) is 13.3. The Morgan fingerprint density at radius 3 is 2.93 bits per heavy atom. The number of rotatable bonds is 5. The van der Waals surface area contributed by atoms with Gasteiger partial charge < -0.3 is 20.8 Å². The Labute approximate surface area is 176 Å². The van der Waals surface area contributed by atoms with Crippen molar-refractivity contribution >= 4 is 46.5 Å². The summed E-state index contributed by atoms with van der Waals surface area (Å²) in [6.45, 7) is 0.620. The Morgan fingerprint density at radius 2 is 2.07 bits per heavy atom. The number of aryl methyl sites for hydroxylation is 2. The number of anilines is 1. The van der Waals surface area contributed by atoms with Gasteiger partial charge in [-0.05, 0) is 66.6 Å². The van der Waals surface area contributed by atoms with Crippen LogP contribution < -0.4 is 15.8 Å². The molecule has 4 rings (SSSR count). The lowest BCUT2D eigenvalue weighted by molar-refractivity contribution is 0.419. The molecule has 0 bridgehead atoms. The van der Waals surface area contributed by atoms with E-state index in [1.165, 1.54) is 29.5 Å². The summed E-state index contributed by atoms with van der Waals surface area (Å²) in [5.74, 6) is 1.33. The first-order valence-electron chi connectivity index (χ1n) is 9.06. The second kappa shape index (κ2) is 8.65. The molecule has 4 N–H and O–H groups in total. The largest absolute Gasteiger partial charge is 0.496 e. The van der Waals surface area contributed by atoms with Crippen LogP contribution >= 0.6 is 24.0 Å². The van der Waals surface area contributed by atoms with E-state index < -0.39 is 0 Å². The molecule has 2 aromatic carbocycles. The summed E-state index contributed by atoms with van der Waals surface area (Å²) in [5, 5.41) is 4.33. The molecule has 1 heterocycles. The molecule has 0 amide bonds. The van der Waals surface area contributed by atoms with Gasteiger partial charge in [0.25, 0.3) is 0 Å². The number of halogens is 1. The molecular formula is C21H25IN4O. The minimum atomic E-state index is 0. The molecule has 0 saturated heterocycles. The van der Waals surface area contributed by atoms with Crippen LogP contribution in [0.25, 0.3) is 10.9 Å². The number of hydrogen-bond donors (Lipinski definition) is 3. The minimum absolute atomic E-state index is 0. The highest BCUT2D eigenvalue weighted by Crippen LogP contribution is 2.29. The monoisotopic (exact) mass is 476 g/mol. The van der Waals surface area contributed by atoms with Gasteiger partial charge in [0, 0.05) is 29.3 Å². The summed E-state index contributed by atoms with van der Waals surface area (Å²) >= 11 is 0. The smallest absolute Gasteiger partial charge is 0.193 e. The number of nitrogens with one attached hydrogen (secondary N) is 2. The van der Waals surface area contributed by atoms with Crippen LogP contribution in [-0.2, 0) is 19.3 Å². The molecule has 0 aliphatic heterocycles. The highest BCUT2D eigenvalue weighted by Gasteiger charge is 2.11. The number of ether oxygens (including phenoxy) is 1. The molecule has 0 unspecified atom stereocenters. The third-order valence-corrected chi connectivity index (χ3v) is 5.00. The zero-order chi connectivity index (χ0) is 17.9. The first-order chi connectivity index (χ1) is 12.7. The molecule has 5 nitrogen and oxygen atoms in total. The van der Waals surface area contributed by atoms with Crippen molar-refractivity contribution in [2.24, 2.45) is 10.7 Å². The second-order valence-electron chi connectivity index (χ2n) is 6.68. The van der Waals surface area contributed by atoms with Crippen LogP contribution in [0.3, 0.4) is 0 Å². The van der Waals surface area contributed by atoms with E-state index in [2.05, 4.69) is 33.5 Å². The number of fused-ring (bicyclic) bond motifs is 2. The fraction of sp³-hybridized carbons (Fsp3) is 0.286. The minimum Gasteiger partial charge on any atom is -0.496 e. The van der Waals surface area contributed by atoms with E-state index in [4.69, 9.17) is 10.5 Å². The van der Waals surface area contributed by atoms with Gasteiger partial charge in [-0.25, -0.2) is 0 Å². The van der Waals surface area contributed by atoms with E-state index in [1.807, 2.05) is 24.4 Å². The summed E-state index contributed by atoms with van der Waals surface area (Å²) in [6, 6.07) is 12.5. The number of methoxy groups -OCH3 is 1. The Kier molecular flexibility index (Phi) is 6.26. The zero-order valence-electron chi connectivity index (χ0n) is 15.4. The Hall–Kier alpha value is -2.22. The van der Waals surface area contributed by atoms with Crippen molar-refractivity contribution in [2.75, 3.05) is 19.0 Å². The number of guanidine groups is 1. The van der Waals surface area contributed by atoms with E-state index in [-0.39, 0.29) is 24.0 Å². The number of benzene rings is 2. The topological polar surface area (TPSA) is 75.4 Å². The summed E-state index contributed by atoms with van der Waals surface area (Å²) in [4.78, 5) is 7.77. The number of nitrogens with zero attached hydrogens (tertiary/aromatic N) is 1. The van der Waals surface area contributed by atoms with Crippen LogP contribution in [0.4, 0.5) is 5.69 Å². The van der Waals surface area contributed by atoms with E-state index >= 15 is 0 Å². The number of aliphatic imine (C=N–C) groups is 1. The summed E-state index contributed by atoms with van der Waals surface area (Å²) in [5.41, 5.74) is 12.2. The van der Waals surface area contributed by atoms with Crippen LogP contribution in [-0.4, -0.2) is 24.6 Å². The average Bonchev–Trinajstić information content (AvgIpc) is 3.28. The van der Waals surface area contributed by atoms with Gasteiger partial charge in [0.15, 0.2) is 5.96 Å². The molecule has 1 aliphatic carbocycles. The van der Waals surface area contributed by atoms with Crippen LogP contribution in [0.2, 0.25) is 0 Å². The summed E-state index contributed by atoms with van der Waals surface area (Å²) < 4.78 is 5.48. The van der Waals surface area contributed by atoms with Gasteiger partial charge in [-0.15, -0.1) is 24.0 Å². The summed E-state index contributed by atoms with van der Waals surface area (Å²) in [6.07, 6.45) is 6.41. The molecule has 3 aromatic rings. The molecule has 142 valence electrons.